The number of ether oxygens (including phenoxy) is 2. The highest BCUT2D eigenvalue weighted by atomic mass is 35.5. The molecular formula is C20H18Cl2N4O3S. The Morgan fingerprint density at radius 1 is 1.27 bits per heavy atom. The zero-order valence-electron chi connectivity index (χ0n) is 15.7. The van der Waals surface area contributed by atoms with Gasteiger partial charge in [-0.2, -0.15) is 5.10 Å². The lowest BCUT2D eigenvalue weighted by molar-refractivity contribution is -0.186. The van der Waals surface area contributed by atoms with E-state index in [-0.39, 0.29) is 6.10 Å². The number of benzene rings is 2. The molecule has 2 heterocycles. The average molecular weight is 465 g/mol. The molecule has 0 spiro atoms. The quantitative estimate of drug-likeness (QED) is 0.397. The van der Waals surface area contributed by atoms with Crippen molar-refractivity contribution >= 4 is 47.1 Å². The van der Waals surface area contributed by atoms with E-state index in [9.17, 15) is 4.79 Å². The van der Waals surface area contributed by atoms with Crippen LogP contribution in [0.2, 0.25) is 10.0 Å². The van der Waals surface area contributed by atoms with Gasteiger partial charge in [0.1, 0.15) is 19.2 Å². The molecule has 2 unspecified atom stereocenters. The largest absolute Gasteiger partial charge is 0.342 e. The summed E-state index contributed by atoms with van der Waals surface area (Å²) in [5, 5.41) is 7.81. The molecule has 3 aromatic rings. The number of anilines is 1. The summed E-state index contributed by atoms with van der Waals surface area (Å²) < 4.78 is 14.2. The predicted molar refractivity (Wildman–Crippen MR) is 116 cm³/mol. The van der Waals surface area contributed by atoms with Crippen molar-refractivity contribution in [2.24, 2.45) is 0 Å². The highest BCUT2D eigenvalue weighted by molar-refractivity contribution is 7.99. The lowest BCUT2D eigenvalue weighted by atomic mass is 10.1. The first-order chi connectivity index (χ1) is 14.6. The fourth-order valence-electron chi connectivity index (χ4n) is 3.19. The summed E-state index contributed by atoms with van der Waals surface area (Å²) in [6, 6.07) is 12.9. The van der Waals surface area contributed by atoms with Crippen molar-refractivity contribution in [2.75, 3.05) is 17.7 Å². The topological polar surface area (TPSA) is 78.3 Å². The van der Waals surface area contributed by atoms with Crippen LogP contribution in [0.5, 0.6) is 0 Å². The minimum atomic E-state index is -1.08. The molecule has 7 nitrogen and oxygen atoms in total. The van der Waals surface area contributed by atoms with E-state index in [4.69, 9.17) is 32.7 Å². The zero-order valence-corrected chi connectivity index (χ0v) is 18.0. The molecule has 4 rings (SSSR count). The van der Waals surface area contributed by atoms with E-state index in [1.54, 1.807) is 34.9 Å². The van der Waals surface area contributed by atoms with Gasteiger partial charge in [-0.15, -0.1) is 11.8 Å². The van der Waals surface area contributed by atoms with E-state index in [1.807, 2.05) is 30.3 Å². The maximum atomic E-state index is 10.5. The van der Waals surface area contributed by atoms with E-state index in [0.717, 1.165) is 10.6 Å². The fourth-order valence-corrected chi connectivity index (χ4v) is 4.61. The Balaban J connectivity index is 1.49. The number of thioether (sulfide) groups is 1. The van der Waals surface area contributed by atoms with Crippen LogP contribution in [-0.4, -0.2) is 39.6 Å². The van der Waals surface area contributed by atoms with Gasteiger partial charge in [-0.3, -0.25) is 4.79 Å². The van der Waals surface area contributed by atoms with Crippen molar-refractivity contribution in [3.63, 3.8) is 0 Å². The molecule has 1 amide bonds. The van der Waals surface area contributed by atoms with Crippen LogP contribution in [-0.2, 0) is 26.6 Å². The molecule has 2 aromatic carbocycles. The molecule has 2 atom stereocenters. The lowest BCUT2D eigenvalue weighted by Crippen LogP contribution is -2.34. The molecule has 1 fully saturated rings. The van der Waals surface area contributed by atoms with E-state index < -0.39 is 5.79 Å². The van der Waals surface area contributed by atoms with Gasteiger partial charge in [-0.05, 0) is 36.4 Å². The molecule has 10 heteroatoms. The van der Waals surface area contributed by atoms with Crippen LogP contribution >= 0.6 is 35.0 Å². The van der Waals surface area contributed by atoms with Crippen LogP contribution in [0.15, 0.2) is 60.0 Å². The van der Waals surface area contributed by atoms with E-state index in [1.165, 1.54) is 6.33 Å². The minimum absolute atomic E-state index is 0.155. The Morgan fingerprint density at radius 2 is 2.10 bits per heavy atom. The number of amides is 1. The second-order valence-electron chi connectivity index (χ2n) is 6.62. The first kappa shape index (κ1) is 21.1. The number of rotatable bonds is 8. The Labute approximate surface area is 187 Å². The maximum absolute atomic E-state index is 10.5. The van der Waals surface area contributed by atoms with Gasteiger partial charge in [0, 0.05) is 26.9 Å². The second kappa shape index (κ2) is 9.36. The molecule has 1 aromatic heterocycles. The Kier molecular flexibility index (Phi) is 6.60. The number of carbonyl (C=O) groups is 1. The van der Waals surface area contributed by atoms with Gasteiger partial charge in [0.2, 0.25) is 12.2 Å². The second-order valence-corrected chi connectivity index (χ2v) is 8.56. The summed E-state index contributed by atoms with van der Waals surface area (Å²) in [4.78, 5) is 15.6. The van der Waals surface area contributed by atoms with Gasteiger partial charge in [-0.1, -0.05) is 29.3 Å². The van der Waals surface area contributed by atoms with Crippen molar-refractivity contribution < 1.29 is 14.3 Å². The normalized spacial score (nSPS) is 20.9. The van der Waals surface area contributed by atoms with Crippen LogP contribution in [0.3, 0.4) is 0 Å². The lowest BCUT2D eigenvalue weighted by Gasteiger charge is -2.29. The van der Waals surface area contributed by atoms with Gasteiger partial charge < -0.3 is 14.8 Å². The van der Waals surface area contributed by atoms with Gasteiger partial charge >= 0.3 is 0 Å². The Hall–Kier alpha value is -2.10. The van der Waals surface area contributed by atoms with Gasteiger partial charge in [0.05, 0.1) is 17.7 Å². The Bertz CT molecular complexity index is 1000. The summed E-state index contributed by atoms with van der Waals surface area (Å²) in [5.41, 5.74) is 1.44. The molecule has 1 saturated heterocycles. The van der Waals surface area contributed by atoms with Crippen molar-refractivity contribution in [1.82, 2.24) is 14.8 Å². The Morgan fingerprint density at radius 3 is 2.80 bits per heavy atom. The first-order valence-corrected chi connectivity index (χ1v) is 10.8. The van der Waals surface area contributed by atoms with E-state index in [2.05, 4.69) is 15.4 Å². The number of halogens is 2. The van der Waals surface area contributed by atoms with Crippen molar-refractivity contribution in [3.8, 4) is 0 Å². The van der Waals surface area contributed by atoms with E-state index >= 15 is 0 Å². The summed E-state index contributed by atoms with van der Waals surface area (Å²) >= 11 is 14.2. The van der Waals surface area contributed by atoms with Crippen LogP contribution in [0.1, 0.15) is 5.56 Å². The maximum Gasteiger partial charge on any atom is 0.217 e. The predicted octanol–water partition coefficient (Wildman–Crippen LogP) is 4.21. The fraction of sp³-hybridized carbons (Fsp3) is 0.250. The summed E-state index contributed by atoms with van der Waals surface area (Å²) in [7, 11) is 0. The van der Waals surface area contributed by atoms with Crippen molar-refractivity contribution in [3.05, 3.63) is 70.7 Å². The molecule has 156 valence electrons. The third kappa shape index (κ3) is 4.79. The minimum Gasteiger partial charge on any atom is -0.342 e. The third-order valence-corrected chi connectivity index (χ3v) is 6.25. The van der Waals surface area contributed by atoms with Gasteiger partial charge in [0.15, 0.2) is 0 Å². The number of hydrogen-bond acceptors (Lipinski definition) is 6. The summed E-state index contributed by atoms with van der Waals surface area (Å²) in [5.74, 6) is -0.400. The number of nitrogens with zero attached hydrogens (tertiary/aromatic N) is 3. The smallest absolute Gasteiger partial charge is 0.217 e. The molecule has 0 saturated carbocycles. The number of nitrogens with one attached hydrogen (secondary N) is 1. The van der Waals surface area contributed by atoms with Crippen LogP contribution in [0.25, 0.3) is 0 Å². The highest BCUT2D eigenvalue weighted by Crippen LogP contribution is 2.41. The van der Waals surface area contributed by atoms with Crippen molar-refractivity contribution in [2.45, 2.75) is 23.3 Å². The zero-order chi connectivity index (χ0) is 21.0. The summed E-state index contributed by atoms with van der Waals surface area (Å²) in [6.45, 7) is 0.715. The third-order valence-electron chi connectivity index (χ3n) is 4.55. The molecule has 1 N–H and O–H groups in total. The SMILES string of the molecule is O=CNc1ccc(SCC2COC(Cn3cncn3)(c3ccc(Cl)cc3Cl)O2)cc1. The molecule has 0 bridgehead atoms. The number of hydrogen-bond donors (Lipinski definition) is 1. The van der Waals surface area contributed by atoms with Crippen LogP contribution < -0.4 is 5.32 Å². The number of aromatic nitrogens is 3. The molecule has 30 heavy (non-hydrogen) atoms. The molecular weight excluding hydrogens is 447 g/mol. The standard InChI is InChI=1S/C20H18Cl2N4O3S/c21-14-1-6-18(19(22)7-14)20(10-26-12-23-11-25-26)28-8-16(29-20)9-30-17-4-2-15(3-5-17)24-13-27/h1-7,11-13,16H,8-10H2,(H,24,27). The van der Waals surface area contributed by atoms with Gasteiger partial charge in [-0.25, -0.2) is 9.67 Å². The number of carbonyl (C=O) groups excluding carboxylic acids is 1. The first-order valence-electron chi connectivity index (χ1n) is 9.11. The molecule has 0 aliphatic carbocycles. The van der Waals surface area contributed by atoms with Gasteiger partial charge in [0.25, 0.3) is 0 Å². The van der Waals surface area contributed by atoms with Crippen molar-refractivity contribution in [1.29, 1.82) is 0 Å². The molecule has 1 aliphatic rings. The van der Waals surface area contributed by atoms with Crippen LogP contribution in [0, 0.1) is 0 Å². The molecule has 0 radical (unpaired) electrons. The highest BCUT2D eigenvalue weighted by Gasteiger charge is 2.45. The average Bonchev–Trinajstić information content (AvgIpc) is 3.38. The molecule has 1 aliphatic heterocycles. The van der Waals surface area contributed by atoms with Crippen LogP contribution in [0.4, 0.5) is 5.69 Å². The summed E-state index contributed by atoms with van der Waals surface area (Å²) in [6.07, 6.45) is 3.57. The monoisotopic (exact) mass is 464 g/mol. The van der Waals surface area contributed by atoms with E-state index in [0.29, 0.717) is 40.9 Å².